The number of rotatable bonds is 3. The molecule has 0 aliphatic rings. The highest BCUT2D eigenvalue weighted by Gasteiger charge is 2.15. The number of nitrogens with one attached hydrogen (secondary N) is 1. The van der Waals surface area contributed by atoms with Crippen LogP contribution in [0.5, 0.6) is 0 Å². The molecule has 0 saturated carbocycles. The largest absolute Gasteiger partial charge is 0.478 e. The van der Waals surface area contributed by atoms with Crippen LogP contribution in [-0.2, 0) is 0 Å². The number of hydrogen-bond acceptors (Lipinski definition) is 2. The summed E-state index contributed by atoms with van der Waals surface area (Å²) in [6.45, 7) is 0. The fourth-order valence-electron chi connectivity index (χ4n) is 1.53. The first-order valence-electron chi connectivity index (χ1n) is 5.33. The van der Waals surface area contributed by atoms with Gasteiger partial charge in [-0.1, -0.05) is 23.2 Å². The molecule has 0 aromatic heterocycles. The number of carbonyl (C=O) groups is 1. The van der Waals surface area contributed by atoms with Gasteiger partial charge in [-0.05, 0) is 30.3 Å². The molecule has 20 heavy (non-hydrogen) atoms. The van der Waals surface area contributed by atoms with E-state index >= 15 is 0 Å². The topological polar surface area (TPSA) is 49.3 Å². The van der Waals surface area contributed by atoms with Gasteiger partial charge in [0.2, 0.25) is 0 Å². The number of carboxylic acid groups (broad SMARTS) is 1. The number of hydrogen-bond donors (Lipinski definition) is 2. The van der Waals surface area contributed by atoms with Gasteiger partial charge in [-0.3, -0.25) is 0 Å². The molecule has 0 saturated heterocycles. The Morgan fingerprint density at radius 3 is 2.15 bits per heavy atom. The maximum Gasteiger partial charge on any atom is 0.335 e. The van der Waals surface area contributed by atoms with Crippen LogP contribution in [0.25, 0.3) is 0 Å². The van der Waals surface area contributed by atoms with Gasteiger partial charge >= 0.3 is 5.97 Å². The molecule has 0 fully saturated rings. The highest BCUT2D eigenvalue weighted by atomic mass is 35.5. The minimum atomic E-state index is -1.41. The number of carboxylic acids is 1. The van der Waals surface area contributed by atoms with Crippen molar-refractivity contribution in [3.05, 3.63) is 57.6 Å². The summed E-state index contributed by atoms with van der Waals surface area (Å²) in [7, 11) is 0. The Kier molecular flexibility index (Phi) is 4.11. The summed E-state index contributed by atoms with van der Waals surface area (Å²) in [4.78, 5) is 10.7. The maximum absolute atomic E-state index is 13.7. The lowest BCUT2D eigenvalue weighted by Gasteiger charge is -2.10. The first kappa shape index (κ1) is 14.6. The van der Waals surface area contributed by atoms with E-state index in [0.29, 0.717) is 10.7 Å². The highest BCUT2D eigenvalue weighted by Crippen LogP contribution is 2.29. The Morgan fingerprint density at radius 1 is 1.05 bits per heavy atom. The normalized spacial score (nSPS) is 10.4. The Morgan fingerprint density at radius 2 is 1.65 bits per heavy atom. The van der Waals surface area contributed by atoms with Crippen LogP contribution < -0.4 is 5.32 Å². The zero-order chi connectivity index (χ0) is 14.9. The van der Waals surface area contributed by atoms with Gasteiger partial charge in [0, 0.05) is 5.69 Å². The van der Waals surface area contributed by atoms with E-state index in [-0.39, 0.29) is 5.02 Å². The number of aromatic carboxylic acids is 1. The van der Waals surface area contributed by atoms with Crippen LogP contribution in [0, 0.1) is 11.6 Å². The molecule has 7 heteroatoms. The van der Waals surface area contributed by atoms with Crippen molar-refractivity contribution in [1.82, 2.24) is 0 Å². The predicted octanol–water partition coefficient (Wildman–Crippen LogP) is 4.71. The lowest BCUT2D eigenvalue weighted by molar-refractivity contribution is 0.0696. The summed E-state index contributed by atoms with van der Waals surface area (Å²) in [6, 6.07) is 5.80. The van der Waals surface area contributed by atoms with E-state index in [1.165, 1.54) is 18.2 Å². The van der Waals surface area contributed by atoms with Crippen LogP contribution in [0.1, 0.15) is 10.4 Å². The van der Waals surface area contributed by atoms with Crippen LogP contribution in [0.2, 0.25) is 10.0 Å². The molecule has 2 aromatic carbocycles. The molecular weight excluding hydrogens is 311 g/mol. The summed E-state index contributed by atoms with van der Waals surface area (Å²) >= 11 is 11.5. The van der Waals surface area contributed by atoms with Crippen molar-refractivity contribution in [2.45, 2.75) is 0 Å². The Bertz CT molecular complexity index is 669. The molecular formula is C13H7Cl2F2NO2. The number of anilines is 2. The standard InChI is InChI=1S/C13H7Cl2F2NO2/c14-8-2-1-7(5-9(8)15)18-12-10(16)3-6(13(19)20)4-11(12)17/h1-5,18H,(H,19,20). The monoisotopic (exact) mass is 317 g/mol. The minimum Gasteiger partial charge on any atom is -0.478 e. The summed E-state index contributed by atoms with van der Waals surface area (Å²) in [6.07, 6.45) is 0. The second kappa shape index (κ2) is 5.64. The Labute approximate surface area is 122 Å². The molecule has 0 atom stereocenters. The van der Waals surface area contributed by atoms with E-state index in [1.807, 2.05) is 0 Å². The Balaban J connectivity index is 2.38. The van der Waals surface area contributed by atoms with Crippen molar-refractivity contribution in [2.75, 3.05) is 5.32 Å². The molecule has 0 spiro atoms. The van der Waals surface area contributed by atoms with Crippen molar-refractivity contribution in [3.8, 4) is 0 Å². The van der Waals surface area contributed by atoms with Crippen LogP contribution >= 0.6 is 23.2 Å². The summed E-state index contributed by atoms with van der Waals surface area (Å²) in [5, 5.41) is 11.7. The highest BCUT2D eigenvalue weighted by molar-refractivity contribution is 6.42. The van der Waals surface area contributed by atoms with Gasteiger partial charge < -0.3 is 10.4 Å². The van der Waals surface area contributed by atoms with Crippen LogP contribution in [0.3, 0.4) is 0 Å². The average Bonchev–Trinajstić information content (AvgIpc) is 2.37. The van der Waals surface area contributed by atoms with Crippen molar-refractivity contribution in [3.63, 3.8) is 0 Å². The van der Waals surface area contributed by atoms with E-state index < -0.39 is 28.9 Å². The molecule has 2 aromatic rings. The Hall–Kier alpha value is -1.85. The molecule has 0 amide bonds. The van der Waals surface area contributed by atoms with Crippen LogP contribution in [0.4, 0.5) is 20.2 Å². The summed E-state index contributed by atoms with van der Waals surface area (Å²) in [5.74, 6) is -3.45. The van der Waals surface area contributed by atoms with Crippen molar-refractivity contribution in [1.29, 1.82) is 0 Å². The summed E-state index contributed by atoms with van der Waals surface area (Å²) < 4.78 is 27.4. The van der Waals surface area contributed by atoms with E-state index in [9.17, 15) is 13.6 Å². The number of halogens is 4. The van der Waals surface area contributed by atoms with E-state index in [4.69, 9.17) is 28.3 Å². The molecule has 0 radical (unpaired) electrons. The van der Waals surface area contributed by atoms with Gasteiger partial charge in [-0.15, -0.1) is 0 Å². The van der Waals surface area contributed by atoms with Gasteiger partial charge in [0.1, 0.15) is 5.69 Å². The average molecular weight is 318 g/mol. The minimum absolute atomic E-state index is 0.222. The zero-order valence-corrected chi connectivity index (χ0v) is 11.3. The molecule has 2 N–H and O–H groups in total. The SMILES string of the molecule is O=C(O)c1cc(F)c(Nc2ccc(Cl)c(Cl)c2)c(F)c1. The smallest absolute Gasteiger partial charge is 0.335 e. The van der Waals surface area contributed by atoms with Crippen molar-refractivity contribution >= 4 is 40.5 Å². The van der Waals surface area contributed by atoms with E-state index in [0.717, 1.165) is 12.1 Å². The molecule has 0 aliphatic heterocycles. The van der Waals surface area contributed by atoms with Gasteiger partial charge in [-0.2, -0.15) is 0 Å². The van der Waals surface area contributed by atoms with Crippen molar-refractivity contribution < 1.29 is 18.7 Å². The van der Waals surface area contributed by atoms with Crippen LogP contribution in [0.15, 0.2) is 30.3 Å². The van der Waals surface area contributed by atoms with Gasteiger partial charge in [0.15, 0.2) is 11.6 Å². The second-order valence-electron chi connectivity index (χ2n) is 3.87. The third-order valence-corrected chi connectivity index (χ3v) is 3.22. The number of benzene rings is 2. The molecule has 2 rings (SSSR count). The quantitative estimate of drug-likeness (QED) is 0.861. The second-order valence-corrected chi connectivity index (χ2v) is 4.69. The fraction of sp³-hybridized carbons (Fsp3) is 0. The molecule has 3 nitrogen and oxygen atoms in total. The third kappa shape index (κ3) is 3.00. The zero-order valence-electron chi connectivity index (χ0n) is 9.75. The first-order chi connectivity index (χ1) is 9.38. The third-order valence-electron chi connectivity index (χ3n) is 2.48. The van der Waals surface area contributed by atoms with Crippen LogP contribution in [-0.4, -0.2) is 11.1 Å². The van der Waals surface area contributed by atoms with E-state index in [1.54, 1.807) is 0 Å². The fourth-order valence-corrected chi connectivity index (χ4v) is 1.83. The molecule has 0 aliphatic carbocycles. The maximum atomic E-state index is 13.7. The van der Waals surface area contributed by atoms with Crippen molar-refractivity contribution in [2.24, 2.45) is 0 Å². The molecule has 0 bridgehead atoms. The summed E-state index contributed by atoms with van der Waals surface area (Å²) in [5.41, 5.74) is -0.617. The predicted molar refractivity (Wildman–Crippen MR) is 73.1 cm³/mol. The molecule has 0 unspecified atom stereocenters. The first-order valence-corrected chi connectivity index (χ1v) is 6.08. The molecule has 104 valence electrons. The van der Waals surface area contributed by atoms with Gasteiger partial charge in [-0.25, -0.2) is 13.6 Å². The van der Waals surface area contributed by atoms with E-state index in [2.05, 4.69) is 5.32 Å². The molecule has 0 heterocycles. The van der Waals surface area contributed by atoms with Gasteiger partial charge in [0.25, 0.3) is 0 Å². The lowest BCUT2D eigenvalue weighted by Crippen LogP contribution is -2.03. The van der Waals surface area contributed by atoms with Gasteiger partial charge in [0.05, 0.1) is 15.6 Å². The lowest BCUT2D eigenvalue weighted by atomic mass is 10.2.